The molecule has 2 aliphatic carbocycles. The number of amides is 4. The van der Waals surface area contributed by atoms with Gasteiger partial charge in [0.05, 0.1) is 0 Å². The third kappa shape index (κ3) is 3.66. The Morgan fingerprint density at radius 3 is 1.37 bits per heavy atom. The Labute approximate surface area is 175 Å². The molecule has 1 aromatic rings. The molecular weight excluding hydrogens is 384 g/mol. The Balaban J connectivity index is 1.16. The van der Waals surface area contributed by atoms with E-state index in [0.717, 1.165) is 25.7 Å². The summed E-state index contributed by atoms with van der Waals surface area (Å²) in [5.41, 5.74) is 0.808. The molecule has 2 atom stereocenters. The first-order valence-electron chi connectivity index (χ1n) is 10.8. The van der Waals surface area contributed by atoms with Crippen LogP contribution in [-0.2, 0) is 9.59 Å². The van der Waals surface area contributed by atoms with Crippen molar-refractivity contribution in [3.05, 3.63) is 35.4 Å². The molecule has 0 radical (unpaired) electrons. The van der Waals surface area contributed by atoms with Crippen LogP contribution >= 0.6 is 0 Å². The zero-order valence-electron chi connectivity index (χ0n) is 16.8. The minimum Gasteiger partial charge on any atom is -0.340 e. The largest absolute Gasteiger partial charge is 0.340 e. The van der Waals surface area contributed by atoms with Gasteiger partial charge in [-0.2, -0.15) is 0 Å². The van der Waals surface area contributed by atoms with Crippen molar-refractivity contribution in [3.63, 3.8) is 0 Å². The highest BCUT2D eigenvalue weighted by Gasteiger charge is 2.42. The Morgan fingerprint density at radius 2 is 1.03 bits per heavy atom. The Kier molecular flexibility index (Phi) is 4.72. The predicted molar refractivity (Wildman–Crippen MR) is 108 cm³/mol. The van der Waals surface area contributed by atoms with E-state index in [4.69, 9.17) is 0 Å². The molecule has 2 saturated heterocycles. The van der Waals surface area contributed by atoms with E-state index in [2.05, 4.69) is 10.6 Å². The molecule has 1 aromatic carbocycles. The maximum Gasteiger partial charge on any atom is 0.251 e. The smallest absolute Gasteiger partial charge is 0.251 e. The van der Waals surface area contributed by atoms with Gasteiger partial charge in [-0.05, 0) is 62.8 Å². The fourth-order valence-corrected chi connectivity index (χ4v) is 4.43. The van der Waals surface area contributed by atoms with E-state index in [1.54, 1.807) is 24.3 Å². The second kappa shape index (κ2) is 7.41. The lowest BCUT2D eigenvalue weighted by Gasteiger charge is -2.16. The highest BCUT2D eigenvalue weighted by Crippen LogP contribution is 2.31. The number of carbonyl (C=O) groups excluding carboxylic acids is 4. The average Bonchev–Trinajstić information content (AvgIpc) is 3.68. The molecular formula is C22H26N4O4. The van der Waals surface area contributed by atoms with E-state index in [1.807, 2.05) is 9.80 Å². The van der Waals surface area contributed by atoms with Gasteiger partial charge in [-0.15, -0.1) is 0 Å². The van der Waals surface area contributed by atoms with E-state index < -0.39 is 12.1 Å². The predicted octanol–water partition coefficient (Wildman–Crippen LogP) is 0.673. The maximum absolute atomic E-state index is 12.5. The first kappa shape index (κ1) is 19.1. The maximum atomic E-state index is 12.5. The van der Waals surface area contributed by atoms with Crippen LogP contribution in [0.5, 0.6) is 0 Å². The molecule has 8 heteroatoms. The van der Waals surface area contributed by atoms with Crippen LogP contribution in [0.3, 0.4) is 0 Å². The highest BCUT2D eigenvalue weighted by atomic mass is 16.2. The van der Waals surface area contributed by atoms with E-state index >= 15 is 0 Å². The summed E-state index contributed by atoms with van der Waals surface area (Å²) in [6.45, 7) is 1.40. The van der Waals surface area contributed by atoms with Crippen LogP contribution in [0.4, 0.5) is 0 Å². The summed E-state index contributed by atoms with van der Waals surface area (Å²) >= 11 is 0. The van der Waals surface area contributed by atoms with Crippen molar-refractivity contribution < 1.29 is 19.2 Å². The average molecular weight is 410 g/mol. The third-order valence-corrected chi connectivity index (χ3v) is 6.47. The van der Waals surface area contributed by atoms with Crippen LogP contribution in [0, 0.1) is 0 Å². The first-order valence-corrected chi connectivity index (χ1v) is 10.8. The molecule has 2 aliphatic heterocycles. The van der Waals surface area contributed by atoms with Crippen molar-refractivity contribution in [2.45, 2.75) is 62.7 Å². The minimum atomic E-state index is -0.469. The molecule has 30 heavy (non-hydrogen) atoms. The standard InChI is InChI=1S/C22H26N4O4/c27-19(23-17-9-11-25(21(17)29)15-5-6-15)13-1-2-14(4-3-13)20(28)24-18-10-12-26(22(18)30)16-7-8-16/h1-4,15-18H,5-12H2,(H,23,27)(H,24,28). The molecule has 2 unspecified atom stereocenters. The van der Waals surface area contributed by atoms with Gasteiger partial charge < -0.3 is 20.4 Å². The van der Waals surface area contributed by atoms with Crippen molar-refractivity contribution in [1.82, 2.24) is 20.4 Å². The third-order valence-electron chi connectivity index (χ3n) is 6.47. The number of carbonyl (C=O) groups is 4. The van der Waals surface area contributed by atoms with Crippen molar-refractivity contribution in [3.8, 4) is 0 Å². The van der Waals surface area contributed by atoms with Crippen LogP contribution in [0.25, 0.3) is 0 Å². The summed E-state index contributed by atoms with van der Waals surface area (Å²) in [6.07, 6.45) is 5.49. The van der Waals surface area contributed by atoms with E-state index in [-0.39, 0.29) is 23.6 Å². The van der Waals surface area contributed by atoms with Gasteiger partial charge in [0.25, 0.3) is 11.8 Å². The fraction of sp³-hybridized carbons (Fsp3) is 0.545. The highest BCUT2D eigenvalue weighted by molar-refractivity contribution is 6.01. The summed E-state index contributed by atoms with van der Waals surface area (Å²) in [4.78, 5) is 53.5. The van der Waals surface area contributed by atoms with E-state index in [9.17, 15) is 19.2 Å². The first-order chi connectivity index (χ1) is 14.5. The number of nitrogens with zero attached hydrogens (tertiary/aromatic N) is 2. The van der Waals surface area contributed by atoms with E-state index in [1.165, 1.54) is 0 Å². The number of nitrogens with one attached hydrogen (secondary N) is 2. The molecule has 0 bridgehead atoms. The lowest BCUT2D eigenvalue weighted by atomic mass is 10.1. The molecule has 2 heterocycles. The summed E-state index contributed by atoms with van der Waals surface area (Å²) in [5, 5.41) is 5.62. The zero-order valence-corrected chi connectivity index (χ0v) is 16.8. The second-order valence-corrected chi connectivity index (χ2v) is 8.73. The zero-order chi connectivity index (χ0) is 20.8. The fourth-order valence-electron chi connectivity index (χ4n) is 4.43. The minimum absolute atomic E-state index is 0.00307. The van der Waals surface area contributed by atoms with Crippen LogP contribution in [0.15, 0.2) is 24.3 Å². The molecule has 4 aliphatic rings. The summed E-state index contributed by atoms with van der Waals surface area (Å²) in [7, 11) is 0. The van der Waals surface area contributed by atoms with E-state index in [0.29, 0.717) is 49.1 Å². The second-order valence-electron chi connectivity index (χ2n) is 8.73. The van der Waals surface area contributed by atoms with Gasteiger partial charge in [-0.3, -0.25) is 19.2 Å². The molecule has 4 amide bonds. The van der Waals surface area contributed by atoms with Crippen molar-refractivity contribution >= 4 is 23.6 Å². The number of rotatable bonds is 6. The molecule has 0 aromatic heterocycles. The molecule has 8 nitrogen and oxygen atoms in total. The topological polar surface area (TPSA) is 98.8 Å². The lowest BCUT2D eigenvalue weighted by Crippen LogP contribution is -2.42. The quantitative estimate of drug-likeness (QED) is 0.720. The van der Waals surface area contributed by atoms with Crippen molar-refractivity contribution in [2.75, 3.05) is 13.1 Å². The van der Waals surface area contributed by atoms with Gasteiger partial charge >= 0.3 is 0 Å². The number of hydrogen-bond donors (Lipinski definition) is 2. The van der Waals surface area contributed by atoms with Gasteiger partial charge in [-0.1, -0.05) is 0 Å². The normalized spacial score (nSPS) is 26.3. The van der Waals surface area contributed by atoms with Crippen molar-refractivity contribution in [2.24, 2.45) is 0 Å². The molecule has 5 rings (SSSR count). The molecule has 4 fully saturated rings. The molecule has 2 N–H and O–H groups in total. The summed E-state index contributed by atoms with van der Waals surface area (Å²) < 4.78 is 0. The molecule has 158 valence electrons. The van der Waals surface area contributed by atoms with Gasteiger partial charge in [0.15, 0.2) is 0 Å². The lowest BCUT2D eigenvalue weighted by molar-refractivity contribution is -0.130. The van der Waals surface area contributed by atoms with Crippen LogP contribution in [0.2, 0.25) is 0 Å². The SMILES string of the molecule is O=C(NC1CCN(C2CC2)C1=O)c1ccc(C(=O)NC2CCN(C3CC3)C2=O)cc1. The van der Waals surface area contributed by atoms with Crippen molar-refractivity contribution in [1.29, 1.82) is 0 Å². The van der Waals surface area contributed by atoms with Gasteiger partial charge in [-0.25, -0.2) is 0 Å². The van der Waals surface area contributed by atoms with Crippen LogP contribution in [0.1, 0.15) is 59.2 Å². The Morgan fingerprint density at radius 1 is 0.667 bits per heavy atom. The van der Waals surface area contributed by atoms with Gasteiger partial charge in [0.1, 0.15) is 12.1 Å². The number of benzene rings is 1. The number of likely N-dealkylation sites (tertiary alicyclic amines) is 2. The summed E-state index contributed by atoms with van der Waals surface area (Å²) in [6, 6.07) is 6.10. The molecule has 2 saturated carbocycles. The van der Waals surface area contributed by atoms with Gasteiger partial charge in [0.2, 0.25) is 11.8 Å². The Bertz CT molecular complexity index is 818. The summed E-state index contributed by atoms with van der Waals surface area (Å²) in [5.74, 6) is -0.625. The monoisotopic (exact) mass is 410 g/mol. The Hall–Kier alpha value is -2.90. The van der Waals surface area contributed by atoms with Gasteiger partial charge in [0, 0.05) is 36.3 Å². The van der Waals surface area contributed by atoms with Crippen LogP contribution < -0.4 is 10.6 Å². The van der Waals surface area contributed by atoms with Crippen LogP contribution in [-0.4, -0.2) is 70.7 Å². The number of hydrogen-bond acceptors (Lipinski definition) is 4. The molecule has 0 spiro atoms.